The van der Waals surface area contributed by atoms with Crippen LogP contribution in [0, 0.1) is 0 Å². The van der Waals surface area contributed by atoms with Crippen LogP contribution in [0.5, 0.6) is 5.75 Å². The van der Waals surface area contributed by atoms with Crippen LogP contribution < -0.4 is 10.1 Å². The van der Waals surface area contributed by atoms with Gasteiger partial charge in [-0.3, -0.25) is 9.69 Å². The van der Waals surface area contributed by atoms with Gasteiger partial charge in [-0.25, -0.2) is 0 Å². The predicted molar refractivity (Wildman–Crippen MR) is 87.9 cm³/mol. The van der Waals surface area contributed by atoms with Gasteiger partial charge in [0.15, 0.2) is 5.78 Å². The first-order valence-electron chi connectivity index (χ1n) is 8.14. The number of hydrogen-bond acceptors (Lipinski definition) is 5. The van der Waals surface area contributed by atoms with Crippen LogP contribution in [0.4, 0.5) is 5.69 Å². The molecule has 0 aliphatic carbocycles. The molecule has 1 fully saturated rings. The normalized spacial score (nSPS) is 22.5. The third-order valence-electron chi connectivity index (χ3n) is 4.53. The van der Waals surface area contributed by atoms with Crippen molar-refractivity contribution in [3.8, 4) is 5.75 Å². The number of carbonyl (C=O) groups excluding carboxylic acids is 1. The van der Waals surface area contributed by atoms with Crippen molar-refractivity contribution in [3.05, 3.63) is 23.8 Å². The molecule has 0 bridgehead atoms. The lowest BCUT2D eigenvalue weighted by atomic mass is 10.1. The molecule has 1 saturated heterocycles. The molecule has 0 saturated carbocycles. The van der Waals surface area contributed by atoms with Crippen LogP contribution in [0.15, 0.2) is 18.2 Å². The summed E-state index contributed by atoms with van der Waals surface area (Å²) in [5.74, 6) is 1.04. The highest BCUT2D eigenvalue weighted by Gasteiger charge is 2.21. The molecular weight excluding hydrogens is 278 g/mol. The highest BCUT2D eigenvalue weighted by Crippen LogP contribution is 2.30. The molecule has 0 radical (unpaired) electrons. The average molecular weight is 303 g/mol. The van der Waals surface area contributed by atoms with Gasteiger partial charge in [-0.15, -0.1) is 0 Å². The molecule has 5 nitrogen and oxygen atoms in total. The van der Waals surface area contributed by atoms with Crippen molar-refractivity contribution in [2.45, 2.75) is 19.4 Å². The third kappa shape index (κ3) is 3.42. The van der Waals surface area contributed by atoms with Gasteiger partial charge in [0.1, 0.15) is 11.9 Å². The van der Waals surface area contributed by atoms with Crippen LogP contribution in [-0.2, 0) is 0 Å². The van der Waals surface area contributed by atoms with Gasteiger partial charge in [0.2, 0.25) is 0 Å². The van der Waals surface area contributed by atoms with Gasteiger partial charge in [0.05, 0.1) is 18.8 Å². The number of carbonyl (C=O) groups is 1. The number of hydrogen-bond donors (Lipinski definition) is 1. The van der Waals surface area contributed by atoms with Gasteiger partial charge in [0.25, 0.3) is 0 Å². The Morgan fingerprint density at radius 1 is 1.32 bits per heavy atom. The fraction of sp³-hybridized carbons (Fsp3) is 0.588. The number of anilines is 1. The molecular formula is C17H25N3O2. The number of likely N-dealkylation sites (N-methyl/N-ethyl adjacent to an activating group) is 1. The summed E-state index contributed by atoms with van der Waals surface area (Å²) in [4.78, 5) is 17.0. The van der Waals surface area contributed by atoms with Crippen molar-refractivity contribution >= 4 is 11.5 Å². The number of fused-ring (bicyclic) bond motifs is 1. The third-order valence-corrected chi connectivity index (χ3v) is 4.53. The Hall–Kier alpha value is -1.59. The van der Waals surface area contributed by atoms with Crippen molar-refractivity contribution in [2.75, 3.05) is 51.6 Å². The Morgan fingerprint density at radius 2 is 2.09 bits per heavy atom. The first-order chi connectivity index (χ1) is 10.7. The number of Topliss-reactive ketones (excluding diaryl/α,β-unsaturated/α-hetero) is 1. The quantitative estimate of drug-likeness (QED) is 0.858. The number of rotatable bonds is 4. The smallest absolute Gasteiger partial charge is 0.176 e. The highest BCUT2D eigenvalue weighted by atomic mass is 16.5. The van der Waals surface area contributed by atoms with E-state index < -0.39 is 0 Å². The minimum Gasteiger partial charge on any atom is -0.486 e. The molecule has 5 heteroatoms. The summed E-state index contributed by atoms with van der Waals surface area (Å²) in [6, 6.07) is 5.73. The Morgan fingerprint density at radius 3 is 2.82 bits per heavy atom. The molecule has 3 rings (SSSR count). The van der Waals surface area contributed by atoms with Gasteiger partial charge in [0, 0.05) is 31.7 Å². The zero-order chi connectivity index (χ0) is 15.5. The van der Waals surface area contributed by atoms with Crippen LogP contribution in [0.2, 0.25) is 0 Å². The zero-order valence-corrected chi connectivity index (χ0v) is 13.5. The first-order valence-corrected chi connectivity index (χ1v) is 8.14. The van der Waals surface area contributed by atoms with Crippen molar-refractivity contribution < 1.29 is 9.53 Å². The summed E-state index contributed by atoms with van der Waals surface area (Å²) in [6.07, 6.45) is 1.20. The lowest BCUT2D eigenvalue weighted by molar-refractivity contribution is 0.0876. The SMILES string of the molecule is CCC1CNc2cc(C(=O)CN3CCN(C)CC3)ccc2O1. The molecule has 1 N–H and O–H groups in total. The average Bonchev–Trinajstić information content (AvgIpc) is 2.56. The van der Waals surface area contributed by atoms with Crippen LogP contribution in [0.3, 0.4) is 0 Å². The van der Waals surface area contributed by atoms with E-state index in [-0.39, 0.29) is 11.9 Å². The summed E-state index contributed by atoms with van der Waals surface area (Å²) in [7, 11) is 2.12. The van der Waals surface area contributed by atoms with Crippen molar-refractivity contribution in [2.24, 2.45) is 0 Å². The minimum atomic E-state index is 0.187. The monoisotopic (exact) mass is 303 g/mol. The summed E-state index contributed by atoms with van der Waals surface area (Å²) in [5, 5.41) is 3.37. The van der Waals surface area contributed by atoms with Crippen LogP contribution in [-0.4, -0.2) is 68.0 Å². The topological polar surface area (TPSA) is 44.8 Å². The Bertz CT molecular complexity index is 539. The van der Waals surface area contributed by atoms with Crippen molar-refractivity contribution in [3.63, 3.8) is 0 Å². The molecule has 2 aliphatic heterocycles. The summed E-state index contributed by atoms with van der Waals surface area (Å²) in [6.45, 7) is 7.42. The standard InChI is InChI=1S/C17H25N3O2/c1-3-14-11-18-15-10-13(4-5-17(15)22-14)16(21)12-20-8-6-19(2)7-9-20/h4-5,10,14,18H,3,6-9,11-12H2,1-2H3. The number of nitrogens with one attached hydrogen (secondary N) is 1. The van der Waals surface area contributed by atoms with Crippen LogP contribution >= 0.6 is 0 Å². The van der Waals surface area contributed by atoms with E-state index in [4.69, 9.17) is 4.74 Å². The molecule has 1 atom stereocenters. The highest BCUT2D eigenvalue weighted by molar-refractivity contribution is 5.98. The van der Waals surface area contributed by atoms with Crippen molar-refractivity contribution in [1.82, 2.24) is 9.80 Å². The molecule has 0 aromatic heterocycles. The van der Waals surface area contributed by atoms with E-state index >= 15 is 0 Å². The molecule has 2 heterocycles. The number of ketones is 1. The van der Waals surface area contributed by atoms with Gasteiger partial charge in [-0.1, -0.05) is 6.92 Å². The molecule has 120 valence electrons. The fourth-order valence-corrected chi connectivity index (χ4v) is 2.92. The molecule has 0 spiro atoms. The summed E-state index contributed by atoms with van der Waals surface area (Å²) in [5.41, 5.74) is 1.71. The number of nitrogens with zero attached hydrogens (tertiary/aromatic N) is 2. The van der Waals surface area contributed by atoms with E-state index in [0.29, 0.717) is 6.54 Å². The maximum absolute atomic E-state index is 12.5. The fourth-order valence-electron chi connectivity index (χ4n) is 2.92. The van der Waals surface area contributed by atoms with Crippen molar-refractivity contribution in [1.29, 1.82) is 0 Å². The Kier molecular flexibility index (Phi) is 4.64. The zero-order valence-electron chi connectivity index (χ0n) is 13.5. The second-order valence-electron chi connectivity index (χ2n) is 6.24. The lowest BCUT2D eigenvalue weighted by Crippen LogP contribution is -2.46. The maximum Gasteiger partial charge on any atom is 0.176 e. The Balaban J connectivity index is 1.64. The molecule has 1 aromatic rings. The summed E-state index contributed by atoms with van der Waals surface area (Å²) >= 11 is 0. The van der Waals surface area contributed by atoms with Gasteiger partial charge >= 0.3 is 0 Å². The molecule has 1 aromatic carbocycles. The van der Waals surface area contributed by atoms with Crippen LogP contribution in [0.1, 0.15) is 23.7 Å². The molecule has 2 aliphatic rings. The lowest BCUT2D eigenvalue weighted by Gasteiger charge is -2.32. The van der Waals surface area contributed by atoms with E-state index in [1.165, 1.54) is 0 Å². The summed E-state index contributed by atoms with van der Waals surface area (Å²) < 4.78 is 5.89. The van der Waals surface area contributed by atoms with E-state index in [1.807, 2.05) is 18.2 Å². The largest absolute Gasteiger partial charge is 0.486 e. The number of piperazine rings is 1. The minimum absolute atomic E-state index is 0.187. The van der Waals surface area contributed by atoms with E-state index in [2.05, 4.69) is 29.1 Å². The second kappa shape index (κ2) is 6.67. The van der Waals surface area contributed by atoms with E-state index in [0.717, 1.165) is 56.1 Å². The second-order valence-corrected chi connectivity index (χ2v) is 6.24. The van der Waals surface area contributed by atoms with E-state index in [9.17, 15) is 4.79 Å². The molecule has 1 unspecified atom stereocenters. The number of benzene rings is 1. The van der Waals surface area contributed by atoms with Gasteiger partial charge in [-0.2, -0.15) is 0 Å². The molecule has 22 heavy (non-hydrogen) atoms. The number of ether oxygens (including phenoxy) is 1. The Labute approximate surface area is 132 Å². The predicted octanol–water partition coefficient (Wildman–Crippen LogP) is 1.70. The van der Waals surface area contributed by atoms with Crippen LogP contribution in [0.25, 0.3) is 0 Å². The maximum atomic E-state index is 12.5. The molecule has 0 amide bonds. The van der Waals surface area contributed by atoms with Gasteiger partial charge < -0.3 is 15.0 Å². The first kappa shape index (κ1) is 15.3. The van der Waals surface area contributed by atoms with Gasteiger partial charge in [-0.05, 0) is 31.7 Å². The van der Waals surface area contributed by atoms with E-state index in [1.54, 1.807) is 0 Å².